The van der Waals surface area contributed by atoms with Gasteiger partial charge < -0.3 is 19.3 Å². The SMILES string of the molecule is COc1ccc(N2CCN(C(=O)COC(=O)c3ccc4c(c3)nc(C)n4-c3ccccc3)CC2)cc1. The largest absolute Gasteiger partial charge is 0.497 e. The average Bonchev–Trinajstić information content (AvgIpc) is 3.27. The highest BCUT2D eigenvalue weighted by atomic mass is 16.5. The van der Waals surface area contributed by atoms with Gasteiger partial charge in [-0.05, 0) is 61.5 Å². The highest BCUT2D eigenvalue weighted by molar-refractivity contribution is 5.95. The monoisotopic (exact) mass is 484 g/mol. The predicted octanol–water partition coefficient (Wildman–Crippen LogP) is 3.85. The number of ether oxygens (including phenoxy) is 2. The van der Waals surface area contributed by atoms with Crippen LogP contribution >= 0.6 is 0 Å². The summed E-state index contributed by atoms with van der Waals surface area (Å²) < 4.78 is 12.6. The number of aromatic nitrogens is 2. The van der Waals surface area contributed by atoms with E-state index in [2.05, 4.69) is 9.88 Å². The molecule has 0 unspecified atom stereocenters. The molecule has 0 aliphatic carbocycles. The fourth-order valence-electron chi connectivity index (χ4n) is 4.54. The summed E-state index contributed by atoms with van der Waals surface area (Å²) in [7, 11) is 1.64. The van der Waals surface area contributed by atoms with E-state index in [1.807, 2.05) is 72.2 Å². The summed E-state index contributed by atoms with van der Waals surface area (Å²) in [6, 6.07) is 23.1. The molecule has 1 aromatic heterocycles. The van der Waals surface area contributed by atoms with E-state index < -0.39 is 5.97 Å². The number of hydrogen-bond donors (Lipinski definition) is 0. The topological polar surface area (TPSA) is 76.9 Å². The summed E-state index contributed by atoms with van der Waals surface area (Å²) in [6.45, 7) is 4.22. The first-order valence-electron chi connectivity index (χ1n) is 11.9. The van der Waals surface area contributed by atoms with Crippen LogP contribution in [-0.2, 0) is 9.53 Å². The van der Waals surface area contributed by atoms with Crippen molar-refractivity contribution in [2.24, 2.45) is 0 Å². The average molecular weight is 485 g/mol. The second-order valence-electron chi connectivity index (χ2n) is 8.68. The minimum absolute atomic E-state index is 0.192. The predicted molar refractivity (Wildman–Crippen MR) is 138 cm³/mol. The third kappa shape index (κ3) is 4.75. The summed E-state index contributed by atoms with van der Waals surface area (Å²) >= 11 is 0. The number of rotatable bonds is 6. The molecule has 0 radical (unpaired) electrons. The number of nitrogens with zero attached hydrogens (tertiary/aromatic N) is 4. The number of piperazine rings is 1. The van der Waals surface area contributed by atoms with Gasteiger partial charge in [0.2, 0.25) is 0 Å². The molecule has 4 aromatic rings. The van der Waals surface area contributed by atoms with Gasteiger partial charge in [0.25, 0.3) is 5.91 Å². The van der Waals surface area contributed by atoms with Crippen LogP contribution in [0, 0.1) is 6.92 Å². The summed E-state index contributed by atoms with van der Waals surface area (Å²) in [5, 5.41) is 0. The Labute approximate surface area is 209 Å². The number of hydrogen-bond acceptors (Lipinski definition) is 6. The molecular weight excluding hydrogens is 456 g/mol. The van der Waals surface area contributed by atoms with Gasteiger partial charge in [0.1, 0.15) is 11.6 Å². The summed E-state index contributed by atoms with van der Waals surface area (Å²) in [5.74, 6) is 0.913. The minimum Gasteiger partial charge on any atom is -0.497 e. The maximum atomic E-state index is 12.7. The van der Waals surface area contributed by atoms with Crippen LogP contribution in [0.2, 0.25) is 0 Å². The Kier molecular flexibility index (Phi) is 6.58. The van der Waals surface area contributed by atoms with Gasteiger partial charge in [0, 0.05) is 37.6 Å². The van der Waals surface area contributed by atoms with Crippen molar-refractivity contribution >= 4 is 28.6 Å². The van der Waals surface area contributed by atoms with Gasteiger partial charge in [-0.3, -0.25) is 9.36 Å². The molecule has 0 spiro atoms. The van der Waals surface area contributed by atoms with E-state index in [0.717, 1.165) is 28.5 Å². The molecule has 5 rings (SSSR count). The second-order valence-corrected chi connectivity index (χ2v) is 8.68. The molecule has 1 amide bonds. The number of aryl methyl sites for hydroxylation is 1. The van der Waals surface area contributed by atoms with Gasteiger partial charge in [-0.1, -0.05) is 18.2 Å². The molecule has 1 fully saturated rings. The van der Waals surface area contributed by atoms with Crippen LogP contribution < -0.4 is 9.64 Å². The Morgan fingerprint density at radius 3 is 2.31 bits per heavy atom. The number of carbonyl (C=O) groups excluding carboxylic acids is 2. The molecule has 36 heavy (non-hydrogen) atoms. The number of anilines is 1. The third-order valence-electron chi connectivity index (χ3n) is 6.47. The van der Waals surface area contributed by atoms with Crippen LogP contribution in [-0.4, -0.2) is 66.2 Å². The Morgan fingerprint density at radius 1 is 0.889 bits per heavy atom. The summed E-state index contributed by atoms with van der Waals surface area (Å²) in [6.07, 6.45) is 0. The van der Waals surface area contributed by atoms with E-state index in [4.69, 9.17) is 9.47 Å². The van der Waals surface area contributed by atoms with Crippen molar-refractivity contribution in [1.29, 1.82) is 0 Å². The zero-order chi connectivity index (χ0) is 25.1. The van der Waals surface area contributed by atoms with Crippen molar-refractivity contribution in [2.75, 3.05) is 44.8 Å². The van der Waals surface area contributed by atoms with Gasteiger partial charge in [-0.25, -0.2) is 9.78 Å². The fourth-order valence-corrected chi connectivity index (χ4v) is 4.54. The van der Waals surface area contributed by atoms with Crippen LogP contribution in [0.15, 0.2) is 72.8 Å². The molecule has 3 aromatic carbocycles. The molecule has 0 bridgehead atoms. The lowest BCUT2D eigenvalue weighted by Crippen LogP contribution is -2.49. The van der Waals surface area contributed by atoms with Crippen LogP contribution in [0.25, 0.3) is 16.7 Å². The fraction of sp³-hybridized carbons (Fsp3) is 0.250. The van der Waals surface area contributed by atoms with E-state index in [9.17, 15) is 9.59 Å². The molecule has 0 saturated carbocycles. The molecule has 8 heteroatoms. The maximum Gasteiger partial charge on any atom is 0.338 e. The van der Waals surface area contributed by atoms with Crippen molar-refractivity contribution in [3.8, 4) is 11.4 Å². The number of imidazole rings is 1. The molecule has 1 aliphatic rings. The molecule has 1 saturated heterocycles. The van der Waals surface area contributed by atoms with E-state index >= 15 is 0 Å². The summed E-state index contributed by atoms with van der Waals surface area (Å²) in [4.78, 5) is 33.9. The number of benzene rings is 3. The van der Waals surface area contributed by atoms with E-state index in [-0.39, 0.29) is 12.5 Å². The van der Waals surface area contributed by atoms with Crippen LogP contribution in [0.5, 0.6) is 5.75 Å². The van der Waals surface area contributed by atoms with Gasteiger partial charge in [0.15, 0.2) is 6.61 Å². The standard InChI is InChI=1S/C28H28N4O4/c1-20-29-25-18-21(8-13-26(25)32(20)23-6-4-3-5-7-23)28(34)36-19-27(33)31-16-14-30(15-17-31)22-9-11-24(35-2)12-10-22/h3-13,18H,14-17,19H2,1-2H3. The lowest BCUT2D eigenvalue weighted by atomic mass is 10.2. The molecule has 1 aliphatic heterocycles. The van der Waals surface area contributed by atoms with Crippen molar-refractivity contribution in [3.63, 3.8) is 0 Å². The smallest absolute Gasteiger partial charge is 0.338 e. The molecule has 0 atom stereocenters. The molecule has 2 heterocycles. The van der Waals surface area contributed by atoms with E-state index in [1.165, 1.54) is 0 Å². The number of methoxy groups -OCH3 is 1. The first-order valence-corrected chi connectivity index (χ1v) is 11.9. The molecule has 8 nitrogen and oxygen atoms in total. The number of esters is 1. The highest BCUT2D eigenvalue weighted by Gasteiger charge is 2.23. The first-order chi connectivity index (χ1) is 17.5. The highest BCUT2D eigenvalue weighted by Crippen LogP contribution is 2.23. The zero-order valence-electron chi connectivity index (χ0n) is 20.4. The Balaban J connectivity index is 1.18. The van der Waals surface area contributed by atoms with Gasteiger partial charge in [0.05, 0.1) is 23.7 Å². The zero-order valence-corrected chi connectivity index (χ0v) is 20.4. The minimum atomic E-state index is -0.533. The quantitative estimate of drug-likeness (QED) is 0.387. The van der Waals surface area contributed by atoms with Gasteiger partial charge in [-0.2, -0.15) is 0 Å². The molecule has 184 valence electrons. The maximum absolute atomic E-state index is 12.7. The Hall–Kier alpha value is -4.33. The Morgan fingerprint density at radius 2 is 1.61 bits per heavy atom. The molecule has 0 N–H and O–H groups in total. The Bertz CT molecular complexity index is 1370. The lowest BCUT2D eigenvalue weighted by Gasteiger charge is -2.36. The number of carbonyl (C=O) groups is 2. The van der Waals surface area contributed by atoms with Crippen LogP contribution in [0.3, 0.4) is 0 Å². The van der Waals surface area contributed by atoms with Crippen molar-refractivity contribution < 1.29 is 19.1 Å². The van der Waals surface area contributed by atoms with Crippen LogP contribution in [0.1, 0.15) is 16.2 Å². The van der Waals surface area contributed by atoms with Gasteiger partial charge in [-0.15, -0.1) is 0 Å². The molecular formula is C28H28N4O4. The number of para-hydroxylation sites is 1. The van der Waals surface area contributed by atoms with Crippen molar-refractivity contribution in [2.45, 2.75) is 6.92 Å². The van der Waals surface area contributed by atoms with E-state index in [0.29, 0.717) is 37.3 Å². The number of fused-ring (bicyclic) bond motifs is 1. The summed E-state index contributed by atoms with van der Waals surface area (Å²) in [5.41, 5.74) is 4.07. The van der Waals surface area contributed by atoms with Crippen molar-refractivity contribution in [1.82, 2.24) is 14.5 Å². The van der Waals surface area contributed by atoms with Gasteiger partial charge >= 0.3 is 5.97 Å². The van der Waals surface area contributed by atoms with Crippen LogP contribution in [0.4, 0.5) is 5.69 Å². The van der Waals surface area contributed by atoms with E-state index in [1.54, 1.807) is 24.1 Å². The lowest BCUT2D eigenvalue weighted by molar-refractivity contribution is -0.134. The number of amides is 1. The second kappa shape index (κ2) is 10.1. The van der Waals surface area contributed by atoms with Crippen molar-refractivity contribution in [3.05, 3.63) is 84.2 Å². The third-order valence-corrected chi connectivity index (χ3v) is 6.47. The normalized spacial score (nSPS) is 13.6. The first kappa shape index (κ1) is 23.4.